The fourth-order valence-corrected chi connectivity index (χ4v) is 13.4. The summed E-state index contributed by atoms with van der Waals surface area (Å²) in [5.41, 5.74) is 0.450. The molecule has 0 radical (unpaired) electrons. The van der Waals surface area contributed by atoms with Crippen LogP contribution in [0.5, 0.6) is 0 Å². The first-order valence-electron chi connectivity index (χ1n) is 20.2. The van der Waals surface area contributed by atoms with Crippen LogP contribution in [-0.2, 0) is 23.7 Å². The molecular formula is C41H66O12. The predicted molar refractivity (Wildman–Crippen MR) is 192 cm³/mol. The molecule has 0 amide bonds. The molecule has 53 heavy (non-hydrogen) atoms. The van der Waals surface area contributed by atoms with Gasteiger partial charge in [-0.25, -0.2) is 0 Å². The van der Waals surface area contributed by atoms with Crippen LogP contribution in [0.3, 0.4) is 0 Å². The Morgan fingerprint density at radius 2 is 1.51 bits per heavy atom. The number of carbonyl (C=O) groups is 1. The van der Waals surface area contributed by atoms with Crippen LogP contribution in [0.15, 0.2) is 11.6 Å². The van der Waals surface area contributed by atoms with Crippen molar-refractivity contribution in [1.82, 2.24) is 0 Å². The summed E-state index contributed by atoms with van der Waals surface area (Å²) in [7, 11) is 0. The van der Waals surface area contributed by atoms with Gasteiger partial charge in [0.25, 0.3) is 0 Å². The molecule has 0 spiro atoms. The van der Waals surface area contributed by atoms with Crippen molar-refractivity contribution in [3.63, 3.8) is 0 Å². The molecule has 0 aromatic heterocycles. The third-order valence-electron chi connectivity index (χ3n) is 16.9. The van der Waals surface area contributed by atoms with Crippen molar-refractivity contribution < 1.29 is 59.5 Å². The van der Waals surface area contributed by atoms with Gasteiger partial charge in [-0.05, 0) is 109 Å². The summed E-state index contributed by atoms with van der Waals surface area (Å²) in [6.07, 6.45) is -1.79. The standard InChI is InChI=1S/C41H66O12/c1-36(2)14-16-41(35(48)49)17-15-39(6)21(22(41)18-36)8-9-26-38(5)12-11-27(37(3,4)25(38)10-13-40(26,39)7)52-34-32(28(44)23(43)20-50-34)53-33-31(47)30(46)29(45)24(19-42)51-33/h8,22-34,42-47H,9-20H2,1-7H3,(H,48,49)/t22?,23-,24-,25?,26?,27+,28+,29-,30+,31-,32-,33?,34?,38+,39-,40-,41?/m1/s1. The molecule has 2 saturated heterocycles. The Morgan fingerprint density at radius 1 is 0.811 bits per heavy atom. The lowest BCUT2D eigenvalue weighted by atomic mass is 9.33. The van der Waals surface area contributed by atoms with E-state index in [1.807, 2.05) is 0 Å². The lowest BCUT2D eigenvalue weighted by Crippen LogP contribution is -2.66. The number of fused-ring (bicyclic) bond motifs is 7. The minimum Gasteiger partial charge on any atom is -0.481 e. The Balaban J connectivity index is 1.13. The number of rotatable bonds is 6. The maximum atomic E-state index is 13.0. The average molecular weight is 751 g/mol. The minimum atomic E-state index is -1.69. The maximum absolute atomic E-state index is 13.0. The summed E-state index contributed by atoms with van der Waals surface area (Å²) in [6, 6.07) is 0. The second kappa shape index (κ2) is 13.5. The molecule has 5 aliphatic carbocycles. The van der Waals surface area contributed by atoms with Crippen molar-refractivity contribution in [3.8, 4) is 0 Å². The molecule has 0 aromatic carbocycles. The molecule has 12 heteroatoms. The van der Waals surface area contributed by atoms with Gasteiger partial charge in [0, 0.05) is 0 Å². The molecule has 12 nitrogen and oxygen atoms in total. The van der Waals surface area contributed by atoms with Gasteiger partial charge in [0.05, 0.1) is 24.7 Å². The molecule has 4 saturated carbocycles. The quantitative estimate of drug-likeness (QED) is 0.155. The topological polar surface area (TPSA) is 196 Å². The lowest BCUT2D eigenvalue weighted by Gasteiger charge is -2.71. The third kappa shape index (κ3) is 5.94. The van der Waals surface area contributed by atoms with E-state index < -0.39 is 73.3 Å². The summed E-state index contributed by atoms with van der Waals surface area (Å²) in [5.74, 6) is 0.147. The first-order valence-corrected chi connectivity index (χ1v) is 20.2. The highest BCUT2D eigenvalue weighted by Crippen LogP contribution is 2.76. The predicted octanol–water partition coefficient (Wildman–Crippen LogP) is 3.52. The highest BCUT2D eigenvalue weighted by Gasteiger charge is 2.69. The van der Waals surface area contributed by atoms with Crippen molar-refractivity contribution in [2.75, 3.05) is 13.2 Å². The molecule has 17 atom stereocenters. The molecule has 7 aliphatic rings. The molecule has 2 aliphatic heterocycles. The highest BCUT2D eigenvalue weighted by molar-refractivity contribution is 5.76. The zero-order chi connectivity index (χ0) is 38.7. The van der Waals surface area contributed by atoms with E-state index in [0.717, 1.165) is 64.2 Å². The monoisotopic (exact) mass is 750 g/mol. The molecule has 2 heterocycles. The first kappa shape index (κ1) is 40.0. The Hall–Kier alpha value is -1.19. The number of ether oxygens (including phenoxy) is 4. The van der Waals surface area contributed by atoms with Gasteiger partial charge in [0.1, 0.15) is 42.7 Å². The number of carboxylic acid groups (broad SMARTS) is 1. The van der Waals surface area contributed by atoms with E-state index in [1.165, 1.54) is 5.57 Å². The fraction of sp³-hybridized carbons (Fsp3) is 0.927. The maximum Gasteiger partial charge on any atom is 0.310 e. The van der Waals surface area contributed by atoms with Crippen molar-refractivity contribution in [2.24, 2.45) is 50.2 Å². The summed E-state index contributed by atoms with van der Waals surface area (Å²) in [6.45, 7) is 15.7. The fourth-order valence-electron chi connectivity index (χ4n) is 13.4. The van der Waals surface area contributed by atoms with E-state index in [2.05, 4.69) is 54.5 Å². The van der Waals surface area contributed by atoms with Crippen molar-refractivity contribution >= 4 is 5.97 Å². The Morgan fingerprint density at radius 3 is 2.19 bits per heavy atom. The number of hydrogen-bond acceptors (Lipinski definition) is 11. The van der Waals surface area contributed by atoms with Gasteiger partial charge >= 0.3 is 5.97 Å². The van der Waals surface area contributed by atoms with Gasteiger partial charge in [-0.2, -0.15) is 0 Å². The van der Waals surface area contributed by atoms with Gasteiger partial charge in [0.2, 0.25) is 0 Å². The molecule has 0 bridgehead atoms. The van der Waals surface area contributed by atoms with E-state index in [9.17, 15) is 40.5 Å². The summed E-state index contributed by atoms with van der Waals surface area (Å²) >= 11 is 0. The van der Waals surface area contributed by atoms with Gasteiger partial charge in [-0.15, -0.1) is 0 Å². The van der Waals surface area contributed by atoms with E-state index in [0.29, 0.717) is 11.8 Å². The van der Waals surface area contributed by atoms with Crippen LogP contribution in [0, 0.1) is 50.2 Å². The largest absolute Gasteiger partial charge is 0.481 e. The average Bonchev–Trinajstić information content (AvgIpc) is 3.08. The number of aliphatic carboxylic acids is 1. The minimum absolute atomic E-state index is 0.00935. The lowest BCUT2D eigenvalue weighted by molar-refractivity contribution is -0.367. The van der Waals surface area contributed by atoms with E-state index >= 15 is 0 Å². The van der Waals surface area contributed by atoms with Crippen LogP contribution in [0.25, 0.3) is 0 Å². The Bertz CT molecular complexity index is 1430. The van der Waals surface area contributed by atoms with Crippen molar-refractivity contribution in [2.45, 2.75) is 174 Å². The smallest absolute Gasteiger partial charge is 0.310 e. The van der Waals surface area contributed by atoms with Gasteiger partial charge in [-0.1, -0.05) is 60.1 Å². The van der Waals surface area contributed by atoms with Crippen molar-refractivity contribution in [3.05, 3.63) is 11.6 Å². The SMILES string of the molecule is CC1(C)CCC2(C(=O)O)CC[C@]3(C)C(=CCC4[C@@]5(C)CC[C@H](OC6OC[C@@H](O)[C@H](O)[C@H]6OC6O[C@H](CO)[C@@H](O)[C@H](O)[C@H]6O)C(C)(C)C5CC[C@]43C)C2C1. The Kier molecular flexibility index (Phi) is 10.2. The molecule has 0 aromatic rings. The normalized spacial score (nSPS) is 53.3. The highest BCUT2D eigenvalue weighted by atomic mass is 16.8. The molecule has 6 fully saturated rings. The number of aliphatic hydroxyl groups excluding tert-OH is 6. The van der Waals surface area contributed by atoms with Crippen molar-refractivity contribution in [1.29, 1.82) is 0 Å². The van der Waals surface area contributed by atoms with Crippen LogP contribution in [-0.4, -0.2) is 116 Å². The van der Waals surface area contributed by atoms with E-state index in [4.69, 9.17) is 18.9 Å². The number of aliphatic hydroxyl groups is 6. The number of carboxylic acids is 1. The van der Waals surface area contributed by atoms with Crippen LogP contribution >= 0.6 is 0 Å². The van der Waals surface area contributed by atoms with Gasteiger partial charge < -0.3 is 54.7 Å². The second-order valence-corrected chi connectivity index (χ2v) is 20.2. The van der Waals surface area contributed by atoms with E-state index in [-0.39, 0.29) is 45.7 Å². The summed E-state index contributed by atoms with van der Waals surface area (Å²) in [4.78, 5) is 13.0. The van der Waals surface area contributed by atoms with Gasteiger partial charge in [-0.3, -0.25) is 4.79 Å². The molecule has 7 N–H and O–H groups in total. The molecule has 7 rings (SSSR count). The third-order valence-corrected chi connectivity index (χ3v) is 16.9. The molecule has 6 unspecified atom stereocenters. The van der Waals surface area contributed by atoms with Crippen LogP contribution in [0.1, 0.15) is 113 Å². The Labute approximate surface area is 314 Å². The van der Waals surface area contributed by atoms with Crippen LogP contribution in [0.4, 0.5) is 0 Å². The molecule has 302 valence electrons. The van der Waals surface area contributed by atoms with Gasteiger partial charge in [0.15, 0.2) is 12.6 Å². The summed E-state index contributed by atoms with van der Waals surface area (Å²) < 4.78 is 24.3. The summed E-state index contributed by atoms with van der Waals surface area (Å²) in [5, 5.41) is 73.3. The second-order valence-electron chi connectivity index (χ2n) is 20.2. The van der Waals surface area contributed by atoms with E-state index in [1.54, 1.807) is 0 Å². The zero-order valence-corrected chi connectivity index (χ0v) is 32.7. The van der Waals surface area contributed by atoms with Crippen LogP contribution < -0.4 is 0 Å². The first-order chi connectivity index (χ1) is 24.7. The number of allylic oxidation sites excluding steroid dienone is 2. The molecular weight excluding hydrogens is 684 g/mol. The van der Waals surface area contributed by atoms with Crippen LogP contribution in [0.2, 0.25) is 0 Å². The number of hydrogen-bond donors (Lipinski definition) is 7. The zero-order valence-electron chi connectivity index (χ0n) is 32.7.